The van der Waals surface area contributed by atoms with Gasteiger partial charge in [0.2, 0.25) is 0 Å². The standard InChI is InChI=1S/C15H22FNO/c1-17-11-12-7-6-10-14(16)15(12)18-13-8-4-2-3-5-9-13/h6-7,10,13,17H,2-5,8-9,11H2,1H3. The highest BCUT2D eigenvalue weighted by molar-refractivity contribution is 5.35. The molecule has 1 fully saturated rings. The molecule has 0 aromatic heterocycles. The third-order valence-electron chi connectivity index (χ3n) is 3.50. The maximum atomic E-state index is 13.9. The number of ether oxygens (including phenoxy) is 1. The van der Waals surface area contributed by atoms with Gasteiger partial charge >= 0.3 is 0 Å². The Labute approximate surface area is 109 Å². The maximum absolute atomic E-state index is 13.9. The molecule has 1 aromatic rings. The van der Waals surface area contributed by atoms with E-state index in [9.17, 15) is 4.39 Å². The van der Waals surface area contributed by atoms with E-state index in [1.807, 2.05) is 13.1 Å². The number of nitrogens with one attached hydrogen (secondary N) is 1. The molecule has 3 heteroatoms. The molecule has 0 heterocycles. The van der Waals surface area contributed by atoms with Gasteiger partial charge in [0.15, 0.2) is 11.6 Å². The van der Waals surface area contributed by atoms with E-state index in [2.05, 4.69) is 5.32 Å². The molecule has 100 valence electrons. The predicted molar refractivity (Wildman–Crippen MR) is 71.3 cm³/mol. The lowest BCUT2D eigenvalue weighted by molar-refractivity contribution is 0.174. The zero-order chi connectivity index (χ0) is 12.8. The number of hydrogen-bond acceptors (Lipinski definition) is 2. The number of rotatable bonds is 4. The molecular formula is C15H22FNO. The van der Waals surface area contributed by atoms with Crippen molar-refractivity contribution in [1.82, 2.24) is 5.32 Å². The molecule has 1 aliphatic carbocycles. The average Bonchev–Trinajstić information content (AvgIpc) is 2.62. The van der Waals surface area contributed by atoms with Gasteiger partial charge in [-0.2, -0.15) is 0 Å². The first-order valence-corrected chi connectivity index (χ1v) is 6.90. The van der Waals surface area contributed by atoms with E-state index in [0.717, 1.165) is 18.4 Å². The summed E-state index contributed by atoms with van der Waals surface area (Å²) in [4.78, 5) is 0. The molecule has 2 rings (SSSR count). The minimum absolute atomic E-state index is 0.181. The van der Waals surface area contributed by atoms with Crippen LogP contribution in [-0.4, -0.2) is 13.2 Å². The lowest BCUT2D eigenvalue weighted by Gasteiger charge is -2.20. The number of benzene rings is 1. The maximum Gasteiger partial charge on any atom is 0.165 e. The summed E-state index contributed by atoms with van der Waals surface area (Å²) in [6.07, 6.45) is 7.22. The smallest absolute Gasteiger partial charge is 0.165 e. The van der Waals surface area contributed by atoms with Gasteiger partial charge < -0.3 is 10.1 Å². The minimum atomic E-state index is -0.244. The summed E-state index contributed by atoms with van der Waals surface area (Å²) in [6.45, 7) is 0.639. The monoisotopic (exact) mass is 251 g/mol. The first-order chi connectivity index (χ1) is 8.81. The summed E-state index contributed by atoms with van der Waals surface area (Å²) in [5.74, 6) is 0.200. The van der Waals surface area contributed by atoms with Gasteiger partial charge in [0, 0.05) is 12.1 Å². The molecule has 1 N–H and O–H groups in total. The second-order valence-corrected chi connectivity index (χ2v) is 4.99. The predicted octanol–water partition coefficient (Wildman–Crippen LogP) is 3.65. The van der Waals surface area contributed by atoms with Gasteiger partial charge in [0.05, 0.1) is 6.10 Å². The van der Waals surface area contributed by atoms with Crippen LogP contribution in [0.1, 0.15) is 44.1 Å². The van der Waals surface area contributed by atoms with Gasteiger partial charge in [-0.15, -0.1) is 0 Å². The van der Waals surface area contributed by atoms with Crippen LogP contribution in [0.25, 0.3) is 0 Å². The Morgan fingerprint density at radius 1 is 1.22 bits per heavy atom. The van der Waals surface area contributed by atoms with Crippen LogP contribution in [0.3, 0.4) is 0 Å². The molecule has 18 heavy (non-hydrogen) atoms. The highest BCUT2D eigenvalue weighted by Gasteiger charge is 2.17. The van der Waals surface area contributed by atoms with Crippen molar-refractivity contribution in [2.75, 3.05) is 7.05 Å². The molecule has 0 amide bonds. The summed E-state index contributed by atoms with van der Waals surface area (Å²) in [5, 5.41) is 3.05. The third kappa shape index (κ3) is 3.45. The molecule has 0 atom stereocenters. The second kappa shape index (κ2) is 6.74. The van der Waals surface area contributed by atoms with Crippen molar-refractivity contribution in [3.05, 3.63) is 29.6 Å². The van der Waals surface area contributed by atoms with Crippen LogP contribution in [0.2, 0.25) is 0 Å². The SMILES string of the molecule is CNCc1cccc(F)c1OC1CCCCCC1. The molecule has 1 aliphatic rings. The second-order valence-electron chi connectivity index (χ2n) is 4.99. The van der Waals surface area contributed by atoms with E-state index in [1.54, 1.807) is 6.07 Å². The topological polar surface area (TPSA) is 21.3 Å². The number of hydrogen-bond donors (Lipinski definition) is 1. The van der Waals surface area contributed by atoms with E-state index in [1.165, 1.54) is 31.7 Å². The van der Waals surface area contributed by atoms with Crippen LogP contribution < -0.4 is 10.1 Å². The van der Waals surface area contributed by atoms with Crippen LogP contribution in [-0.2, 0) is 6.54 Å². The molecule has 0 radical (unpaired) electrons. The molecule has 2 nitrogen and oxygen atoms in total. The molecule has 0 aliphatic heterocycles. The van der Waals surface area contributed by atoms with Crippen molar-refractivity contribution >= 4 is 0 Å². The van der Waals surface area contributed by atoms with E-state index in [0.29, 0.717) is 12.3 Å². The largest absolute Gasteiger partial charge is 0.487 e. The van der Waals surface area contributed by atoms with Gasteiger partial charge in [-0.05, 0) is 38.8 Å². The van der Waals surface area contributed by atoms with Gasteiger partial charge in [-0.3, -0.25) is 0 Å². The van der Waals surface area contributed by atoms with E-state index in [4.69, 9.17) is 4.74 Å². The first-order valence-electron chi connectivity index (χ1n) is 6.90. The lowest BCUT2D eigenvalue weighted by Crippen LogP contribution is -2.18. The summed E-state index contributed by atoms with van der Waals surface area (Å²) >= 11 is 0. The van der Waals surface area contributed by atoms with Crippen molar-refractivity contribution in [3.63, 3.8) is 0 Å². The first kappa shape index (κ1) is 13.3. The third-order valence-corrected chi connectivity index (χ3v) is 3.50. The van der Waals surface area contributed by atoms with Crippen molar-refractivity contribution in [1.29, 1.82) is 0 Å². The Hall–Kier alpha value is -1.09. The van der Waals surface area contributed by atoms with Gasteiger partial charge in [0.25, 0.3) is 0 Å². The van der Waals surface area contributed by atoms with Crippen LogP contribution in [0.5, 0.6) is 5.75 Å². The Morgan fingerprint density at radius 2 is 1.94 bits per heavy atom. The lowest BCUT2D eigenvalue weighted by atomic mass is 10.1. The van der Waals surface area contributed by atoms with Gasteiger partial charge in [-0.25, -0.2) is 4.39 Å². The molecule has 0 bridgehead atoms. The highest BCUT2D eigenvalue weighted by atomic mass is 19.1. The quantitative estimate of drug-likeness (QED) is 0.825. The summed E-state index contributed by atoms with van der Waals surface area (Å²) in [7, 11) is 1.86. The summed E-state index contributed by atoms with van der Waals surface area (Å²) in [5.41, 5.74) is 0.904. The molecule has 0 unspecified atom stereocenters. The van der Waals surface area contributed by atoms with Gasteiger partial charge in [-0.1, -0.05) is 25.0 Å². The fourth-order valence-corrected chi connectivity index (χ4v) is 2.54. The van der Waals surface area contributed by atoms with Crippen molar-refractivity contribution in [2.45, 2.75) is 51.2 Å². The normalized spacial score (nSPS) is 17.4. The zero-order valence-corrected chi connectivity index (χ0v) is 11.0. The molecular weight excluding hydrogens is 229 g/mol. The number of halogens is 1. The minimum Gasteiger partial charge on any atom is -0.487 e. The van der Waals surface area contributed by atoms with Crippen LogP contribution in [0.15, 0.2) is 18.2 Å². The Bertz CT molecular complexity index is 373. The zero-order valence-electron chi connectivity index (χ0n) is 11.0. The fraction of sp³-hybridized carbons (Fsp3) is 0.600. The molecule has 1 aromatic carbocycles. The highest BCUT2D eigenvalue weighted by Crippen LogP contribution is 2.28. The Kier molecular flexibility index (Phi) is 5.00. The van der Waals surface area contributed by atoms with Crippen molar-refractivity contribution in [2.24, 2.45) is 0 Å². The Balaban J connectivity index is 2.10. The summed E-state index contributed by atoms with van der Waals surface area (Å²) < 4.78 is 19.8. The Morgan fingerprint density at radius 3 is 2.61 bits per heavy atom. The van der Waals surface area contributed by atoms with E-state index in [-0.39, 0.29) is 11.9 Å². The van der Waals surface area contributed by atoms with Crippen LogP contribution >= 0.6 is 0 Å². The molecule has 0 saturated heterocycles. The molecule has 1 saturated carbocycles. The fourth-order valence-electron chi connectivity index (χ4n) is 2.54. The summed E-state index contributed by atoms with van der Waals surface area (Å²) in [6, 6.07) is 5.14. The van der Waals surface area contributed by atoms with Crippen molar-refractivity contribution < 1.29 is 9.13 Å². The molecule has 0 spiro atoms. The van der Waals surface area contributed by atoms with E-state index >= 15 is 0 Å². The number of para-hydroxylation sites is 1. The van der Waals surface area contributed by atoms with Crippen molar-refractivity contribution in [3.8, 4) is 5.75 Å². The van der Waals surface area contributed by atoms with Crippen LogP contribution in [0.4, 0.5) is 4.39 Å². The van der Waals surface area contributed by atoms with E-state index < -0.39 is 0 Å². The van der Waals surface area contributed by atoms with Crippen LogP contribution in [0, 0.1) is 5.82 Å². The average molecular weight is 251 g/mol. The van der Waals surface area contributed by atoms with Gasteiger partial charge in [0.1, 0.15) is 0 Å².